The molecule has 0 unspecified atom stereocenters. The fraction of sp³-hybridized carbons (Fsp3) is 0.600. The third kappa shape index (κ3) is 4.20. The maximum atomic E-state index is 3.55. The van der Waals surface area contributed by atoms with Crippen LogP contribution in [0.1, 0.15) is 68.9 Å². The van der Waals surface area contributed by atoms with Gasteiger partial charge in [-0.05, 0) is 55.2 Å². The Morgan fingerprint density at radius 1 is 1.14 bits per heavy atom. The molecule has 0 heterocycles. The van der Waals surface area contributed by atoms with Crippen molar-refractivity contribution in [3.63, 3.8) is 0 Å². The Morgan fingerprint density at radius 2 is 1.95 bits per heavy atom. The van der Waals surface area contributed by atoms with Crippen molar-refractivity contribution in [1.82, 2.24) is 5.32 Å². The van der Waals surface area contributed by atoms with Crippen LogP contribution in [0, 0.1) is 5.92 Å². The zero-order chi connectivity index (χ0) is 14.5. The first kappa shape index (κ1) is 14.8. The lowest BCUT2D eigenvalue weighted by atomic mass is 9.83. The molecule has 0 amide bonds. The molecular formula is C20H29N. The van der Waals surface area contributed by atoms with Crippen LogP contribution in [0.3, 0.4) is 0 Å². The minimum absolute atomic E-state index is 0.808. The topological polar surface area (TPSA) is 12.0 Å². The fourth-order valence-corrected chi connectivity index (χ4v) is 3.59. The average molecular weight is 283 g/mol. The van der Waals surface area contributed by atoms with E-state index in [1.54, 1.807) is 11.1 Å². The van der Waals surface area contributed by atoms with E-state index in [4.69, 9.17) is 0 Å². The number of likely N-dealkylation sites (N-methyl/N-ethyl adjacent to an activating group) is 1. The molecule has 21 heavy (non-hydrogen) atoms. The molecule has 0 atom stereocenters. The smallest absolute Gasteiger partial charge is 0.0170 e. The van der Waals surface area contributed by atoms with E-state index in [9.17, 15) is 0 Å². The van der Waals surface area contributed by atoms with Gasteiger partial charge >= 0.3 is 0 Å². The van der Waals surface area contributed by atoms with Gasteiger partial charge in [-0.1, -0.05) is 62.1 Å². The van der Waals surface area contributed by atoms with Crippen molar-refractivity contribution in [2.75, 3.05) is 13.1 Å². The first-order valence-corrected chi connectivity index (χ1v) is 8.88. The van der Waals surface area contributed by atoms with Gasteiger partial charge in [0, 0.05) is 6.54 Å². The van der Waals surface area contributed by atoms with Crippen LogP contribution in [0.25, 0.3) is 6.08 Å². The minimum atomic E-state index is 0.808. The van der Waals surface area contributed by atoms with E-state index in [0.29, 0.717) is 0 Å². The van der Waals surface area contributed by atoms with Gasteiger partial charge < -0.3 is 5.32 Å². The highest BCUT2D eigenvalue weighted by atomic mass is 14.8. The molecule has 1 N–H and O–H groups in total. The molecule has 0 saturated heterocycles. The third-order valence-corrected chi connectivity index (χ3v) is 5.02. The summed E-state index contributed by atoms with van der Waals surface area (Å²) in [7, 11) is 0. The first-order chi connectivity index (χ1) is 10.4. The highest BCUT2D eigenvalue weighted by Crippen LogP contribution is 2.40. The summed E-state index contributed by atoms with van der Waals surface area (Å²) in [5, 5.41) is 3.55. The molecule has 2 aliphatic rings. The molecule has 0 bridgehead atoms. The van der Waals surface area contributed by atoms with E-state index < -0.39 is 0 Å². The van der Waals surface area contributed by atoms with Crippen molar-refractivity contribution >= 4 is 6.08 Å². The maximum absolute atomic E-state index is 3.55. The summed E-state index contributed by atoms with van der Waals surface area (Å²) in [5.41, 5.74) is 4.59. The fourth-order valence-electron chi connectivity index (χ4n) is 3.59. The molecule has 0 aliphatic heterocycles. The second-order valence-corrected chi connectivity index (χ2v) is 6.78. The molecule has 0 spiro atoms. The average Bonchev–Trinajstić information content (AvgIpc) is 3.37. The molecule has 0 radical (unpaired) electrons. The van der Waals surface area contributed by atoms with Crippen molar-refractivity contribution in [3.8, 4) is 0 Å². The second kappa shape index (κ2) is 7.26. The van der Waals surface area contributed by atoms with Crippen LogP contribution in [-0.2, 0) is 0 Å². The van der Waals surface area contributed by atoms with Crippen molar-refractivity contribution in [2.24, 2.45) is 5.92 Å². The molecule has 1 aromatic rings. The van der Waals surface area contributed by atoms with E-state index in [-0.39, 0.29) is 0 Å². The van der Waals surface area contributed by atoms with Crippen molar-refractivity contribution in [3.05, 3.63) is 41.0 Å². The summed E-state index contributed by atoms with van der Waals surface area (Å²) < 4.78 is 0. The van der Waals surface area contributed by atoms with Gasteiger partial charge in [-0.15, -0.1) is 0 Å². The molecule has 0 aromatic heterocycles. The predicted molar refractivity (Wildman–Crippen MR) is 91.5 cm³/mol. The molecule has 1 heteroatoms. The summed E-state index contributed by atoms with van der Waals surface area (Å²) in [6.45, 7) is 4.33. The SMILES string of the molecule is CCNC/C(=C/c1cccc(C2CC2)c1)C1CCCCC1. The molecule has 2 fully saturated rings. The van der Waals surface area contributed by atoms with Gasteiger partial charge in [0.15, 0.2) is 0 Å². The minimum Gasteiger partial charge on any atom is -0.313 e. The first-order valence-electron chi connectivity index (χ1n) is 8.88. The number of hydrogen-bond donors (Lipinski definition) is 1. The molecule has 2 saturated carbocycles. The highest BCUT2D eigenvalue weighted by molar-refractivity contribution is 5.55. The van der Waals surface area contributed by atoms with Gasteiger partial charge in [0.05, 0.1) is 0 Å². The van der Waals surface area contributed by atoms with Crippen molar-refractivity contribution in [1.29, 1.82) is 0 Å². The van der Waals surface area contributed by atoms with Crippen LogP contribution in [0.15, 0.2) is 29.8 Å². The van der Waals surface area contributed by atoms with E-state index in [1.807, 2.05) is 0 Å². The van der Waals surface area contributed by atoms with Gasteiger partial charge in [-0.3, -0.25) is 0 Å². The van der Waals surface area contributed by atoms with E-state index >= 15 is 0 Å². The standard InChI is InChI=1S/C20H29N/c1-2-21-15-20(17-8-4-3-5-9-17)14-16-7-6-10-19(13-16)18-11-12-18/h6-7,10,13-14,17-18,21H,2-5,8-9,11-12,15H2,1H3/b20-14-. The Hall–Kier alpha value is -1.08. The Balaban J connectivity index is 1.77. The van der Waals surface area contributed by atoms with Gasteiger partial charge in [-0.25, -0.2) is 0 Å². The van der Waals surface area contributed by atoms with Gasteiger partial charge in [-0.2, -0.15) is 0 Å². The zero-order valence-corrected chi connectivity index (χ0v) is 13.4. The number of benzene rings is 1. The van der Waals surface area contributed by atoms with E-state index in [2.05, 4.69) is 42.6 Å². The summed E-state index contributed by atoms with van der Waals surface area (Å²) in [6, 6.07) is 9.25. The largest absolute Gasteiger partial charge is 0.313 e. The summed E-state index contributed by atoms with van der Waals surface area (Å²) in [5.74, 6) is 1.66. The highest BCUT2D eigenvalue weighted by Gasteiger charge is 2.23. The molecule has 114 valence electrons. The lowest BCUT2D eigenvalue weighted by Crippen LogP contribution is -2.22. The maximum Gasteiger partial charge on any atom is 0.0170 e. The van der Waals surface area contributed by atoms with Gasteiger partial charge in [0.1, 0.15) is 0 Å². The monoisotopic (exact) mass is 283 g/mol. The lowest BCUT2D eigenvalue weighted by Gasteiger charge is -2.25. The predicted octanol–water partition coefficient (Wildman–Crippen LogP) is 5.14. The Bertz CT molecular complexity index is 478. The quantitative estimate of drug-likeness (QED) is 0.762. The summed E-state index contributed by atoms with van der Waals surface area (Å²) >= 11 is 0. The number of hydrogen-bond acceptors (Lipinski definition) is 1. The van der Waals surface area contributed by atoms with Crippen LogP contribution in [0.2, 0.25) is 0 Å². The summed E-state index contributed by atoms with van der Waals surface area (Å²) in [4.78, 5) is 0. The molecule has 1 aromatic carbocycles. The molecule has 2 aliphatic carbocycles. The van der Waals surface area contributed by atoms with Crippen molar-refractivity contribution in [2.45, 2.75) is 57.8 Å². The second-order valence-electron chi connectivity index (χ2n) is 6.78. The third-order valence-electron chi connectivity index (χ3n) is 5.02. The molecule has 3 rings (SSSR count). The Labute approximate surface area is 129 Å². The molecule has 1 nitrogen and oxygen atoms in total. The molecular weight excluding hydrogens is 254 g/mol. The van der Waals surface area contributed by atoms with Gasteiger partial charge in [0.2, 0.25) is 0 Å². The van der Waals surface area contributed by atoms with E-state index in [1.165, 1.54) is 50.5 Å². The zero-order valence-electron chi connectivity index (χ0n) is 13.4. The normalized spacial score (nSPS) is 20.7. The Morgan fingerprint density at radius 3 is 2.67 bits per heavy atom. The van der Waals surface area contributed by atoms with Crippen LogP contribution in [0.5, 0.6) is 0 Å². The van der Waals surface area contributed by atoms with E-state index in [0.717, 1.165) is 24.9 Å². The van der Waals surface area contributed by atoms with Crippen LogP contribution in [0.4, 0.5) is 0 Å². The number of rotatable bonds is 6. The van der Waals surface area contributed by atoms with Crippen LogP contribution >= 0.6 is 0 Å². The van der Waals surface area contributed by atoms with Crippen LogP contribution in [-0.4, -0.2) is 13.1 Å². The number of nitrogens with one attached hydrogen (secondary N) is 1. The summed E-state index contributed by atoms with van der Waals surface area (Å²) in [6.07, 6.45) is 12.3. The van der Waals surface area contributed by atoms with Gasteiger partial charge in [0.25, 0.3) is 0 Å². The Kier molecular flexibility index (Phi) is 5.13. The lowest BCUT2D eigenvalue weighted by molar-refractivity contribution is 0.397. The van der Waals surface area contributed by atoms with Crippen LogP contribution < -0.4 is 5.32 Å². The van der Waals surface area contributed by atoms with Crippen molar-refractivity contribution < 1.29 is 0 Å².